The number of pyridine rings is 1. The lowest BCUT2D eigenvalue weighted by atomic mass is 10.0. The van der Waals surface area contributed by atoms with Crippen molar-refractivity contribution in [2.45, 2.75) is 26.3 Å². The highest BCUT2D eigenvalue weighted by Crippen LogP contribution is 2.33. The van der Waals surface area contributed by atoms with E-state index in [0.717, 1.165) is 0 Å². The van der Waals surface area contributed by atoms with E-state index in [9.17, 15) is 22.4 Å². The summed E-state index contributed by atoms with van der Waals surface area (Å²) in [6.07, 6.45) is 0.381. The van der Waals surface area contributed by atoms with Gasteiger partial charge in [-0.3, -0.25) is 9.59 Å². The number of anilines is 2. The molecule has 0 radical (unpaired) electrons. The van der Waals surface area contributed by atoms with E-state index in [0.29, 0.717) is 34.5 Å². The number of carbonyl (C=O) groups excluding carboxylic acids is 2. The average molecular weight is 522 g/mol. The predicted molar refractivity (Wildman–Crippen MR) is 139 cm³/mol. The van der Waals surface area contributed by atoms with Crippen LogP contribution in [0.25, 0.3) is 22.3 Å². The molecule has 1 atom stereocenters. The molecular formula is C26H24FN5O4S. The van der Waals surface area contributed by atoms with Gasteiger partial charge in [-0.25, -0.2) is 22.5 Å². The second kappa shape index (κ2) is 9.40. The Labute approximate surface area is 212 Å². The maximum absolute atomic E-state index is 14.7. The molecule has 4 aromatic rings. The number of hydrogen-bond acceptors (Lipinski definition) is 6. The van der Waals surface area contributed by atoms with E-state index in [4.69, 9.17) is 0 Å². The van der Waals surface area contributed by atoms with Crippen LogP contribution in [0, 0.1) is 12.7 Å². The maximum Gasteiger partial charge on any atom is 0.256 e. The number of sulfone groups is 1. The number of nitrogens with zero attached hydrogens (tertiary/aromatic N) is 3. The smallest absolute Gasteiger partial charge is 0.256 e. The third-order valence-corrected chi connectivity index (χ3v) is 8.00. The van der Waals surface area contributed by atoms with Crippen molar-refractivity contribution in [1.82, 2.24) is 14.8 Å². The molecule has 9 nitrogen and oxygen atoms in total. The normalized spacial score (nSPS) is 16.6. The average Bonchev–Trinajstić information content (AvgIpc) is 3.38. The van der Waals surface area contributed by atoms with Crippen molar-refractivity contribution in [2.24, 2.45) is 0 Å². The highest BCUT2D eigenvalue weighted by atomic mass is 32.2. The monoisotopic (exact) mass is 521 g/mol. The predicted octanol–water partition coefficient (Wildman–Crippen LogP) is 4.12. The van der Waals surface area contributed by atoms with Crippen LogP contribution in [0.3, 0.4) is 0 Å². The molecular weight excluding hydrogens is 497 g/mol. The summed E-state index contributed by atoms with van der Waals surface area (Å²) >= 11 is 0. The Balaban J connectivity index is 1.61. The third kappa shape index (κ3) is 4.94. The number of benzene rings is 2. The quantitative estimate of drug-likeness (QED) is 0.407. The first-order chi connectivity index (χ1) is 17.6. The molecule has 1 unspecified atom stereocenters. The van der Waals surface area contributed by atoms with Crippen molar-refractivity contribution in [2.75, 3.05) is 22.1 Å². The van der Waals surface area contributed by atoms with Crippen LogP contribution in [0.15, 0.2) is 54.6 Å². The summed E-state index contributed by atoms with van der Waals surface area (Å²) in [5.41, 5.74) is 2.59. The fourth-order valence-corrected chi connectivity index (χ4v) is 6.25. The Morgan fingerprint density at radius 1 is 1.05 bits per heavy atom. The van der Waals surface area contributed by atoms with Gasteiger partial charge in [-0.15, -0.1) is 0 Å². The van der Waals surface area contributed by atoms with Crippen LogP contribution in [0.5, 0.6) is 0 Å². The van der Waals surface area contributed by atoms with E-state index in [1.165, 1.54) is 19.1 Å². The van der Waals surface area contributed by atoms with E-state index >= 15 is 0 Å². The van der Waals surface area contributed by atoms with Crippen LogP contribution in [0.4, 0.5) is 15.8 Å². The number of amides is 2. The number of hydrogen-bond donors (Lipinski definition) is 2. The van der Waals surface area contributed by atoms with Crippen molar-refractivity contribution in [3.63, 3.8) is 0 Å². The van der Waals surface area contributed by atoms with Gasteiger partial charge in [0.1, 0.15) is 5.82 Å². The van der Waals surface area contributed by atoms with E-state index in [2.05, 4.69) is 20.7 Å². The lowest BCUT2D eigenvalue weighted by Gasteiger charge is -2.13. The zero-order valence-corrected chi connectivity index (χ0v) is 21.0. The van der Waals surface area contributed by atoms with Gasteiger partial charge < -0.3 is 10.6 Å². The van der Waals surface area contributed by atoms with Crippen molar-refractivity contribution in [3.05, 3.63) is 71.7 Å². The van der Waals surface area contributed by atoms with Crippen LogP contribution >= 0.6 is 0 Å². The van der Waals surface area contributed by atoms with Crippen LogP contribution in [0.2, 0.25) is 0 Å². The molecule has 2 aromatic carbocycles. The minimum Gasteiger partial charge on any atom is -0.326 e. The first kappa shape index (κ1) is 24.6. The van der Waals surface area contributed by atoms with Crippen LogP contribution in [-0.4, -0.2) is 46.5 Å². The molecule has 0 aliphatic carbocycles. The molecule has 1 aliphatic heterocycles. The van der Waals surface area contributed by atoms with Crippen molar-refractivity contribution < 1.29 is 22.4 Å². The molecule has 37 heavy (non-hydrogen) atoms. The van der Waals surface area contributed by atoms with Crippen LogP contribution < -0.4 is 10.6 Å². The standard InChI is InChI=1S/C26H24FN5O4S/c1-15-24-21(26(34)29-18-9-7-17(8-10-18)28-16(2)33)13-23(20-5-3-4-6-22(20)27)30-25(24)32(31-15)19-11-12-37(35,36)14-19/h3-10,13,19H,11-12,14H2,1-2H3,(H,28,33)(H,29,34). The molecule has 1 aliphatic rings. The van der Waals surface area contributed by atoms with E-state index in [-0.39, 0.29) is 34.2 Å². The van der Waals surface area contributed by atoms with Gasteiger partial charge >= 0.3 is 0 Å². The SMILES string of the molecule is CC(=O)Nc1ccc(NC(=O)c2cc(-c3ccccc3F)nc3c2c(C)nn3C2CCS(=O)(=O)C2)cc1. The summed E-state index contributed by atoms with van der Waals surface area (Å²) < 4.78 is 40.6. The molecule has 3 heterocycles. The first-order valence-corrected chi connectivity index (χ1v) is 13.5. The van der Waals surface area contributed by atoms with Gasteiger partial charge in [-0.2, -0.15) is 5.10 Å². The topological polar surface area (TPSA) is 123 Å². The van der Waals surface area contributed by atoms with Crippen molar-refractivity contribution >= 4 is 44.1 Å². The second-order valence-electron chi connectivity index (χ2n) is 9.03. The third-order valence-electron chi connectivity index (χ3n) is 6.25. The van der Waals surface area contributed by atoms with E-state index in [1.807, 2.05) is 0 Å². The van der Waals surface area contributed by atoms with Gasteiger partial charge in [-0.1, -0.05) is 12.1 Å². The highest BCUT2D eigenvalue weighted by Gasteiger charge is 2.32. The lowest BCUT2D eigenvalue weighted by molar-refractivity contribution is -0.114. The van der Waals surface area contributed by atoms with E-state index < -0.39 is 27.6 Å². The summed E-state index contributed by atoms with van der Waals surface area (Å²) in [5, 5.41) is 10.5. The lowest BCUT2D eigenvalue weighted by Crippen LogP contribution is -2.15. The van der Waals surface area contributed by atoms with Gasteiger partial charge in [0.05, 0.1) is 39.9 Å². The van der Waals surface area contributed by atoms with Gasteiger partial charge in [0, 0.05) is 23.9 Å². The van der Waals surface area contributed by atoms with Gasteiger partial charge in [0.2, 0.25) is 5.91 Å². The Bertz CT molecular complexity index is 1650. The molecule has 0 spiro atoms. The maximum atomic E-state index is 14.7. The number of nitrogens with one attached hydrogen (secondary N) is 2. The number of halogens is 1. The van der Waals surface area contributed by atoms with E-state index in [1.54, 1.807) is 54.1 Å². The van der Waals surface area contributed by atoms with Crippen molar-refractivity contribution in [1.29, 1.82) is 0 Å². The number of aromatic nitrogens is 3. The Kier molecular flexibility index (Phi) is 6.24. The molecule has 5 rings (SSSR count). The summed E-state index contributed by atoms with van der Waals surface area (Å²) in [6, 6.07) is 13.8. The fraction of sp³-hybridized carbons (Fsp3) is 0.231. The molecule has 2 aromatic heterocycles. The first-order valence-electron chi connectivity index (χ1n) is 11.7. The van der Waals surface area contributed by atoms with Gasteiger partial charge in [0.15, 0.2) is 15.5 Å². The zero-order chi connectivity index (χ0) is 26.3. The molecule has 1 fully saturated rings. The zero-order valence-electron chi connectivity index (χ0n) is 20.2. The second-order valence-corrected chi connectivity index (χ2v) is 11.3. The summed E-state index contributed by atoms with van der Waals surface area (Å²) in [7, 11) is -3.20. The van der Waals surface area contributed by atoms with Gasteiger partial charge in [0.25, 0.3) is 5.91 Å². The minimum atomic E-state index is -3.20. The van der Waals surface area contributed by atoms with Crippen LogP contribution in [0.1, 0.15) is 35.4 Å². The molecule has 11 heteroatoms. The summed E-state index contributed by atoms with van der Waals surface area (Å²) in [6.45, 7) is 3.13. The highest BCUT2D eigenvalue weighted by molar-refractivity contribution is 7.91. The largest absolute Gasteiger partial charge is 0.326 e. The Morgan fingerprint density at radius 3 is 2.35 bits per heavy atom. The minimum absolute atomic E-state index is 0.0485. The molecule has 0 bridgehead atoms. The number of aryl methyl sites for hydroxylation is 1. The summed E-state index contributed by atoms with van der Waals surface area (Å²) in [4.78, 5) is 29.4. The number of fused-ring (bicyclic) bond motifs is 1. The molecule has 1 saturated heterocycles. The molecule has 0 saturated carbocycles. The Morgan fingerprint density at radius 2 is 1.73 bits per heavy atom. The molecule has 2 amide bonds. The fourth-order valence-electron chi connectivity index (χ4n) is 4.56. The number of carbonyl (C=O) groups is 2. The molecule has 2 N–H and O–H groups in total. The summed E-state index contributed by atoms with van der Waals surface area (Å²) in [5.74, 6) is -1.19. The van der Waals surface area contributed by atoms with Crippen LogP contribution in [-0.2, 0) is 14.6 Å². The van der Waals surface area contributed by atoms with Gasteiger partial charge in [-0.05, 0) is 55.8 Å². The number of rotatable bonds is 5. The Hall–Kier alpha value is -4.12. The van der Waals surface area contributed by atoms with Crippen molar-refractivity contribution in [3.8, 4) is 11.3 Å². The molecule has 190 valence electrons.